The van der Waals surface area contributed by atoms with Crippen molar-refractivity contribution >= 4 is 17.9 Å². The molecule has 0 spiro atoms. The van der Waals surface area contributed by atoms with Crippen molar-refractivity contribution < 1.29 is 19.5 Å². The standard InChI is InChI=1S/C8H12N2O4/c1-4(3-6(11)12)10-5(2)7(13)9-8(10)14/h4-5H,3H2,1-2H3,(H,11,12)(H,9,13,14). The summed E-state index contributed by atoms with van der Waals surface area (Å²) < 4.78 is 0. The van der Waals surface area contributed by atoms with E-state index >= 15 is 0 Å². The molecule has 1 aliphatic rings. The zero-order valence-electron chi connectivity index (χ0n) is 7.98. The highest BCUT2D eigenvalue weighted by Crippen LogP contribution is 2.14. The Kier molecular flexibility index (Phi) is 2.73. The van der Waals surface area contributed by atoms with Gasteiger partial charge in [0.15, 0.2) is 0 Å². The third-order valence-electron chi connectivity index (χ3n) is 2.21. The molecule has 0 radical (unpaired) electrons. The molecular formula is C8H12N2O4. The number of nitrogens with one attached hydrogen (secondary N) is 1. The van der Waals surface area contributed by atoms with E-state index in [2.05, 4.69) is 5.32 Å². The van der Waals surface area contributed by atoms with Crippen LogP contribution in [-0.2, 0) is 9.59 Å². The summed E-state index contributed by atoms with van der Waals surface area (Å²) in [5.41, 5.74) is 0. The van der Waals surface area contributed by atoms with Crippen molar-refractivity contribution in [3.63, 3.8) is 0 Å². The smallest absolute Gasteiger partial charge is 0.325 e. The van der Waals surface area contributed by atoms with Gasteiger partial charge in [0.1, 0.15) is 6.04 Å². The van der Waals surface area contributed by atoms with Crippen LogP contribution in [-0.4, -0.2) is 40.0 Å². The zero-order chi connectivity index (χ0) is 10.9. The fourth-order valence-electron chi connectivity index (χ4n) is 1.51. The van der Waals surface area contributed by atoms with Gasteiger partial charge in [-0.05, 0) is 13.8 Å². The summed E-state index contributed by atoms with van der Waals surface area (Å²) in [5, 5.41) is 10.7. The maximum Gasteiger partial charge on any atom is 0.325 e. The summed E-state index contributed by atoms with van der Waals surface area (Å²) in [7, 11) is 0. The van der Waals surface area contributed by atoms with Crippen LogP contribution in [0.3, 0.4) is 0 Å². The Morgan fingerprint density at radius 1 is 1.64 bits per heavy atom. The first-order valence-corrected chi connectivity index (χ1v) is 4.28. The van der Waals surface area contributed by atoms with Crippen molar-refractivity contribution in [1.29, 1.82) is 0 Å². The number of carboxylic acid groups (broad SMARTS) is 1. The molecule has 6 heteroatoms. The fourth-order valence-corrected chi connectivity index (χ4v) is 1.51. The predicted molar refractivity (Wildman–Crippen MR) is 46.6 cm³/mol. The van der Waals surface area contributed by atoms with Crippen LogP contribution in [0, 0.1) is 0 Å². The molecule has 0 aliphatic carbocycles. The van der Waals surface area contributed by atoms with Crippen LogP contribution in [0.4, 0.5) is 4.79 Å². The molecule has 0 bridgehead atoms. The second-order valence-corrected chi connectivity index (χ2v) is 3.32. The molecule has 1 rings (SSSR count). The molecule has 1 heterocycles. The van der Waals surface area contributed by atoms with Gasteiger partial charge in [0.2, 0.25) is 0 Å². The molecule has 6 nitrogen and oxygen atoms in total. The fraction of sp³-hybridized carbons (Fsp3) is 0.625. The second kappa shape index (κ2) is 3.65. The van der Waals surface area contributed by atoms with E-state index in [0.29, 0.717) is 0 Å². The third kappa shape index (κ3) is 1.84. The normalized spacial score (nSPS) is 23.6. The average molecular weight is 200 g/mol. The molecule has 14 heavy (non-hydrogen) atoms. The number of nitrogens with zero attached hydrogens (tertiary/aromatic N) is 1. The van der Waals surface area contributed by atoms with E-state index < -0.39 is 24.1 Å². The van der Waals surface area contributed by atoms with Crippen LogP contribution in [0.25, 0.3) is 0 Å². The van der Waals surface area contributed by atoms with Gasteiger partial charge in [0.05, 0.1) is 6.42 Å². The van der Waals surface area contributed by atoms with Gasteiger partial charge in [-0.1, -0.05) is 0 Å². The van der Waals surface area contributed by atoms with Gasteiger partial charge in [-0.15, -0.1) is 0 Å². The van der Waals surface area contributed by atoms with Crippen LogP contribution in [0.2, 0.25) is 0 Å². The van der Waals surface area contributed by atoms with E-state index in [-0.39, 0.29) is 12.3 Å². The van der Waals surface area contributed by atoms with Crippen molar-refractivity contribution in [3.05, 3.63) is 0 Å². The number of carboxylic acids is 1. The monoisotopic (exact) mass is 200 g/mol. The SMILES string of the molecule is CC(CC(=O)O)N1C(=O)NC(=O)C1C. The highest BCUT2D eigenvalue weighted by atomic mass is 16.4. The number of carbonyl (C=O) groups excluding carboxylic acids is 2. The summed E-state index contributed by atoms with van der Waals surface area (Å²) in [6.45, 7) is 3.17. The van der Waals surface area contributed by atoms with Crippen molar-refractivity contribution in [2.75, 3.05) is 0 Å². The predicted octanol–water partition coefficient (Wildman–Crippen LogP) is -0.210. The maximum atomic E-state index is 11.2. The molecular weight excluding hydrogens is 188 g/mol. The minimum absolute atomic E-state index is 0.162. The van der Waals surface area contributed by atoms with E-state index in [0.717, 1.165) is 0 Å². The maximum absolute atomic E-state index is 11.2. The van der Waals surface area contributed by atoms with Crippen LogP contribution in [0.15, 0.2) is 0 Å². The Bertz CT molecular complexity index is 289. The summed E-state index contributed by atoms with van der Waals surface area (Å²) in [4.78, 5) is 33.9. The Morgan fingerprint density at radius 3 is 2.57 bits per heavy atom. The summed E-state index contributed by atoms with van der Waals surface area (Å²) in [6, 6.07) is -1.58. The molecule has 1 aliphatic heterocycles. The molecule has 0 aromatic carbocycles. The van der Waals surface area contributed by atoms with Crippen molar-refractivity contribution in [3.8, 4) is 0 Å². The van der Waals surface area contributed by atoms with E-state index in [1.165, 1.54) is 4.90 Å². The van der Waals surface area contributed by atoms with Gasteiger partial charge in [-0.2, -0.15) is 0 Å². The van der Waals surface area contributed by atoms with E-state index in [1.807, 2.05) is 0 Å². The molecule has 0 aromatic rings. The third-order valence-corrected chi connectivity index (χ3v) is 2.21. The quantitative estimate of drug-likeness (QED) is 0.617. The number of urea groups is 1. The molecule has 2 atom stereocenters. The molecule has 1 saturated heterocycles. The number of rotatable bonds is 3. The van der Waals surface area contributed by atoms with Gasteiger partial charge in [-0.25, -0.2) is 4.79 Å². The lowest BCUT2D eigenvalue weighted by atomic mass is 10.2. The topological polar surface area (TPSA) is 86.7 Å². The van der Waals surface area contributed by atoms with Crippen LogP contribution < -0.4 is 5.32 Å². The van der Waals surface area contributed by atoms with Crippen molar-refractivity contribution in [2.24, 2.45) is 0 Å². The summed E-state index contributed by atoms with van der Waals surface area (Å²) >= 11 is 0. The van der Waals surface area contributed by atoms with Gasteiger partial charge in [-0.3, -0.25) is 14.9 Å². The Hall–Kier alpha value is -1.59. The first kappa shape index (κ1) is 10.5. The molecule has 1 fully saturated rings. The Balaban J connectivity index is 2.71. The number of carbonyl (C=O) groups is 3. The van der Waals surface area contributed by atoms with E-state index in [4.69, 9.17) is 5.11 Å². The minimum atomic E-state index is -0.989. The molecule has 2 unspecified atom stereocenters. The van der Waals surface area contributed by atoms with Crippen LogP contribution >= 0.6 is 0 Å². The minimum Gasteiger partial charge on any atom is -0.481 e. The molecule has 2 N–H and O–H groups in total. The number of imide groups is 1. The van der Waals surface area contributed by atoms with Crippen molar-refractivity contribution in [1.82, 2.24) is 10.2 Å². The Labute approximate surface area is 80.9 Å². The van der Waals surface area contributed by atoms with Gasteiger partial charge in [0.25, 0.3) is 5.91 Å². The second-order valence-electron chi connectivity index (χ2n) is 3.32. The lowest BCUT2D eigenvalue weighted by Gasteiger charge is -2.24. The lowest BCUT2D eigenvalue weighted by Crippen LogP contribution is -2.41. The van der Waals surface area contributed by atoms with Crippen molar-refractivity contribution in [2.45, 2.75) is 32.4 Å². The van der Waals surface area contributed by atoms with E-state index in [9.17, 15) is 14.4 Å². The molecule has 0 aromatic heterocycles. The number of amides is 3. The lowest BCUT2D eigenvalue weighted by molar-refractivity contribution is -0.138. The largest absolute Gasteiger partial charge is 0.481 e. The van der Waals surface area contributed by atoms with Crippen LogP contribution in [0.1, 0.15) is 20.3 Å². The van der Waals surface area contributed by atoms with Crippen LogP contribution in [0.5, 0.6) is 0 Å². The zero-order valence-corrected chi connectivity index (χ0v) is 7.98. The number of hydrogen-bond donors (Lipinski definition) is 2. The Morgan fingerprint density at radius 2 is 2.21 bits per heavy atom. The highest BCUT2D eigenvalue weighted by Gasteiger charge is 2.38. The highest BCUT2D eigenvalue weighted by molar-refractivity contribution is 6.04. The summed E-state index contributed by atoms with van der Waals surface area (Å²) in [5.74, 6) is -1.37. The number of hydrogen-bond acceptors (Lipinski definition) is 3. The van der Waals surface area contributed by atoms with Gasteiger partial charge in [0, 0.05) is 6.04 Å². The van der Waals surface area contributed by atoms with Gasteiger partial charge < -0.3 is 10.0 Å². The number of aliphatic carboxylic acids is 1. The van der Waals surface area contributed by atoms with Gasteiger partial charge >= 0.3 is 12.0 Å². The molecule has 78 valence electrons. The van der Waals surface area contributed by atoms with E-state index in [1.54, 1.807) is 13.8 Å². The summed E-state index contributed by atoms with van der Waals surface area (Å²) in [6.07, 6.45) is -0.162. The first-order chi connectivity index (χ1) is 6.43. The molecule has 3 amide bonds. The average Bonchev–Trinajstić information content (AvgIpc) is 2.25. The molecule has 0 saturated carbocycles. The first-order valence-electron chi connectivity index (χ1n) is 4.28.